The Labute approximate surface area is 226 Å². The summed E-state index contributed by atoms with van der Waals surface area (Å²) in [5, 5.41) is 0. The zero-order valence-corrected chi connectivity index (χ0v) is 22.9. The summed E-state index contributed by atoms with van der Waals surface area (Å²) in [5.74, 6) is 3.69. The Morgan fingerprint density at radius 3 is 1.79 bits per heavy atom. The van der Waals surface area contributed by atoms with Crippen molar-refractivity contribution in [2.75, 3.05) is 22.9 Å². The molecule has 2 aliphatic rings. The Hall–Kier alpha value is -3.86. The maximum Gasteiger partial charge on any atom is 0.133 e. The van der Waals surface area contributed by atoms with Crippen molar-refractivity contribution in [1.82, 2.24) is 9.97 Å². The Kier molecular flexibility index (Phi) is 6.30. The summed E-state index contributed by atoms with van der Waals surface area (Å²) in [6.07, 6.45) is 8.21. The fraction of sp³-hybridized carbons (Fsp3) is 0.333. The first-order valence-corrected chi connectivity index (χ1v) is 13.7. The van der Waals surface area contributed by atoms with Gasteiger partial charge < -0.3 is 14.5 Å². The molecule has 0 spiro atoms. The summed E-state index contributed by atoms with van der Waals surface area (Å²) in [6, 6.07) is 21.5. The number of nitrogens with zero attached hydrogens (tertiary/aromatic N) is 4. The molecule has 38 heavy (non-hydrogen) atoms. The molecule has 0 fully saturated rings. The summed E-state index contributed by atoms with van der Waals surface area (Å²) in [6.45, 7) is 10.8. The zero-order valence-electron chi connectivity index (χ0n) is 22.9. The van der Waals surface area contributed by atoms with E-state index >= 15 is 0 Å². The highest BCUT2D eigenvalue weighted by Gasteiger charge is 2.23. The fourth-order valence-corrected chi connectivity index (χ4v) is 5.55. The number of pyridine rings is 2. The van der Waals surface area contributed by atoms with E-state index in [-0.39, 0.29) is 5.41 Å². The molecular weight excluding hydrogens is 468 g/mol. The topological polar surface area (TPSA) is 41.5 Å². The molecule has 0 atom stereocenters. The van der Waals surface area contributed by atoms with Gasteiger partial charge in [0.1, 0.15) is 23.1 Å². The lowest BCUT2D eigenvalue weighted by molar-refractivity contribution is 0.481. The van der Waals surface area contributed by atoms with Crippen molar-refractivity contribution < 1.29 is 4.74 Å². The number of aryl methyl sites for hydroxylation is 3. The Morgan fingerprint density at radius 2 is 1.24 bits per heavy atom. The number of hydrogen-bond donors (Lipinski definition) is 0. The lowest BCUT2D eigenvalue weighted by Gasteiger charge is -2.32. The smallest absolute Gasteiger partial charge is 0.133 e. The number of benzene rings is 2. The lowest BCUT2D eigenvalue weighted by atomic mass is 9.87. The van der Waals surface area contributed by atoms with Gasteiger partial charge in [0.25, 0.3) is 0 Å². The Morgan fingerprint density at radius 1 is 0.684 bits per heavy atom. The van der Waals surface area contributed by atoms with Gasteiger partial charge >= 0.3 is 0 Å². The maximum atomic E-state index is 6.49. The highest BCUT2D eigenvalue weighted by Crippen LogP contribution is 2.40. The van der Waals surface area contributed by atoms with Crippen molar-refractivity contribution in [1.29, 1.82) is 0 Å². The largest absolute Gasteiger partial charge is 0.457 e. The fourth-order valence-electron chi connectivity index (χ4n) is 5.55. The van der Waals surface area contributed by atoms with Crippen LogP contribution in [0.4, 0.5) is 23.0 Å². The third kappa shape index (κ3) is 4.85. The third-order valence-corrected chi connectivity index (χ3v) is 7.65. The summed E-state index contributed by atoms with van der Waals surface area (Å²) in [7, 11) is 0. The number of aromatic nitrogens is 2. The highest BCUT2D eigenvalue weighted by atomic mass is 16.5. The molecular formula is C33H36N4O. The van der Waals surface area contributed by atoms with Gasteiger partial charge in [-0.25, -0.2) is 9.97 Å². The van der Waals surface area contributed by atoms with Gasteiger partial charge in [-0.05, 0) is 96.7 Å². The molecule has 6 rings (SSSR count). The Bertz CT molecular complexity index is 1470. The molecule has 0 radical (unpaired) electrons. The lowest BCUT2D eigenvalue weighted by Crippen LogP contribution is -2.26. The van der Waals surface area contributed by atoms with Crippen LogP contribution in [0.15, 0.2) is 73.1 Å². The van der Waals surface area contributed by atoms with Gasteiger partial charge in [0.05, 0.1) is 0 Å². The zero-order chi connectivity index (χ0) is 26.3. The van der Waals surface area contributed by atoms with Crippen LogP contribution in [0.5, 0.6) is 11.5 Å². The van der Waals surface area contributed by atoms with Crippen LogP contribution in [-0.2, 0) is 18.3 Å². The number of fused-ring (bicyclic) bond motifs is 2. The quantitative estimate of drug-likeness (QED) is 0.281. The first-order valence-electron chi connectivity index (χ1n) is 13.7. The number of hydrogen-bond acceptors (Lipinski definition) is 5. The van der Waals surface area contributed by atoms with E-state index in [1.807, 2.05) is 18.5 Å². The number of rotatable bonds is 4. The first kappa shape index (κ1) is 24.5. The maximum absolute atomic E-state index is 6.49. The molecule has 2 aliphatic heterocycles. The van der Waals surface area contributed by atoms with Crippen LogP contribution in [0.25, 0.3) is 0 Å². The molecule has 0 bridgehead atoms. The van der Waals surface area contributed by atoms with Gasteiger partial charge in [0.2, 0.25) is 0 Å². The van der Waals surface area contributed by atoms with E-state index < -0.39 is 0 Å². The summed E-state index contributed by atoms with van der Waals surface area (Å²) in [5.41, 5.74) is 7.65. The van der Waals surface area contributed by atoms with Crippen LogP contribution in [0, 0.1) is 6.92 Å². The minimum absolute atomic E-state index is 0.0789. The van der Waals surface area contributed by atoms with Gasteiger partial charge in [-0.1, -0.05) is 32.9 Å². The van der Waals surface area contributed by atoms with Crippen LogP contribution < -0.4 is 14.5 Å². The summed E-state index contributed by atoms with van der Waals surface area (Å²) >= 11 is 0. The number of ether oxygens (including phenoxy) is 1. The molecule has 4 aromatic rings. The predicted octanol–water partition coefficient (Wildman–Crippen LogP) is 8.04. The van der Waals surface area contributed by atoms with Gasteiger partial charge in [-0.2, -0.15) is 0 Å². The third-order valence-electron chi connectivity index (χ3n) is 7.65. The van der Waals surface area contributed by atoms with Crippen molar-refractivity contribution >= 4 is 23.0 Å². The monoisotopic (exact) mass is 504 g/mol. The molecule has 0 aliphatic carbocycles. The molecule has 5 heteroatoms. The van der Waals surface area contributed by atoms with E-state index in [1.165, 1.54) is 33.6 Å². The molecule has 0 N–H and O–H groups in total. The van der Waals surface area contributed by atoms with Gasteiger partial charge in [-0.15, -0.1) is 0 Å². The van der Waals surface area contributed by atoms with Gasteiger partial charge in [0.15, 0.2) is 0 Å². The summed E-state index contributed by atoms with van der Waals surface area (Å²) < 4.78 is 6.49. The molecule has 4 heterocycles. The van der Waals surface area contributed by atoms with Crippen LogP contribution in [0.3, 0.4) is 0 Å². The predicted molar refractivity (Wildman–Crippen MR) is 156 cm³/mol. The van der Waals surface area contributed by atoms with Crippen LogP contribution in [0.1, 0.15) is 55.9 Å². The second-order valence-electron chi connectivity index (χ2n) is 11.5. The minimum atomic E-state index is 0.0789. The molecule has 2 aromatic carbocycles. The molecule has 5 nitrogen and oxygen atoms in total. The van der Waals surface area contributed by atoms with Crippen molar-refractivity contribution in [3.8, 4) is 11.5 Å². The van der Waals surface area contributed by atoms with Crippen molar-refractivity contribution in [3.05, 3.63) is 95.3 Å². The van der Waals surface area contributed by atoms with E-state index in [0.29, 0.717) is 0 Å². The Balaban J connectivity index is 1.31. The average molecular weight is 505 g/mol. The average Bonchev–Trinajstić information content (AvgIpc) is 2.92. The second-order valence-corrected chi connectivity index (χ2v) is 11.5. The SMILES string of the molecule is Cc1ccnc(N2CCCc3ccc(Oc4ccc5c(c4)N(c4cc(C(C)(C)C)ccn4)CCC5)cc32)c1. The molecule has 194 valence electrons. The van der Waals surface area contributed by atoms with E-state index in [2.05, 4.69) is 97.1 Å². The minimum Gasteiger partial charge on any atom is -0.457 e. The van der Waals surface area contributed by atoms with Crippen LogP contribution >= 0.6 is 0 Å². The summed E-state index contributed by atoms with van der Waals surface area (Å²) in [4.78, 5) is 14.1. The van der Waals surface area contributed by atoms with Crippen molar-refractivity contribution in [3.63, 3.8) is 0 Å². The number of anilines is 4. The highest BCUT2D eigenvalue weighted by molar-refractivity contribution is 5.69. The van der Waals surface area contributed by atoms with Crippen molar-refractivity contribution in [2.24, 2.45) is 0 Å². The van der Waals surface area contributed by atoms with Crippen LogP contribution in [-0.4, -0.2) is 23.1 Å². The second kappa shape index (κ2) is 9.79. The van der Waals surface area contributed by atoms with E-state index in [9.17, 15) is 0 Å². The normalized spacial score (nSPS) is 15.2. The van der Waals surface area contributed by atoms with Crippen molar-refractivity contribution in [2.45, 2.75) is 58.8 Å². The van der Waals surface area contributed by atoms with Crippen LogP contribution in [0.2, 0.25) is 0 Å². The van der Waals surface area contributed by atoms with E-state index in [0.717, 1.165) is 61.9 Å². The molecule has 2 aromatic heterocycles. The standard InChI is InChI=1S/C33H36N4O/c1-23-13-15-34-31(19-23)36-17-5-7-24-9-11-27(21-29(24)36)38-28-12-10-25-8-6-18-37(30(25)22-28)32-20-26(14-16-35-32)33(2,3)4/h9-16,19-22H,5-8,17-18H2,1-4H3. The molecule has 0 saturated carbocycles. The van der Waals surface area contributed by atoms with E-state index in [1.54, 1.807) is 0 Å². The molecule has 0 saturated heterocycles. The first-order chi connectivity index (χ1) is 18.3. The van der Waals surface area contributed by atoms with Gasteiger partial charge in [0, 0.05) is 49.0 Å². The van der Waals surface area contributed by atoms with E-state index in [4.69, 9.17) is 9.72 Å². The molecule has 0 unspecified atom stereocenters. The molecule has 0 amide bonds. The van der Waals surface area contributed by atoms with Gasteiger partial charge in [-0.3, -0.25) is 0 Å².